The highest BCUT2D eigenvalue weighted by molar-refractivity contribution is 5.79. The molecular weight excluding hydrogens is 238 g/mol. The minimum absolute atomic E-state index is 0.269. The number of carbonyl (C=O) groups excluding carboxylic acids is 1. The van der Waals surface area contributed by atoms with Gasteiger partial charge in [0.25, 0.3) is 0 Å². The van der Waals surface area contributed by atoms with Gasteiger partial charge in [-0.15, -0.1) is 0 Å². The highest BCUT2D eigenvalue weighted by atomic mass is 16.5. The molecule has 2 aliphatic rings. The summed E-state index contributed by atoms with van der Waals surface area (Å²) in [6.07, 6.45) is 3.89. The number of piperidine rings is 1. The zero-order valence-corrected chi connectivity index (χ0v) is 11.5. The molecule has 0 radical (unpaired) electrons. The van der Waals surface area contributed by atoms with Crippen LogP contribution in [0, 0.1) is 5.92 Å². The van der Waals surface area contributed by atoms with Gasteiger partial charge in [-0.3, -0.25) is 4.79 Å². The molecule has 1 saturated heterocycles. The number of nitrogens with zero attached hydrogens (tertiary/aromatic N) is 1. The summed E-state index contributed by atoms with van der Waals surface area (Å²) < 4.78 is 5.49. The number of hydrogen-bond acceptors (Lipinski definition) is 2. The van der Waals surface area contributed by atoms with Crippen LogP contribution in [0.2, 0.25) is 0 Å². The fraction of sp³-hybridized carbons (Fsp3) is 0.562. The van der Waals surface area contributed by atoms with Crippen LogP contribution >= 0.6 is 0 Å². The molecule has 0 bridgehead atoms. The van der Waals surface area contributed by atoms with E-state index in [9.17, 15) is 4.79 Å². The minimum Gasteiger partial charge on any atom is -0.493 e. The van der Waals surface area contributed by atoms with Crippen LogP contribution in [-0.4, -0.2) is 30.5 Å². The van der Waals surface area contributed by atoms with E-state index in [2.05, 4.69) is 13.0 Å². The molecule has 102 valence electrons. The maximum atomic E-state index is 12.3. The van der Waals surface area contributed by atoms with Gasteiger partial charge in [0, 0.05) is 19.5 Å². The summed E-state index contributed by atoms with van der Waals surface area (Å²) in [6.45, 7) is 4.85. The van der Waals surface area contributed by atoms with E-state index in [0.29, 0.717) is 12.3 Å². The van der Waals surface area contributed by atoms with E-state index in [0.717, 1.165) is 43.9 Å². The molecule has 2 heterocycles. The average Bonchev–Trinajstić information content (AvgIpc) is 2.86. The molecule has 3 nitrogen and oxygen atoms in total. The highest BCUT2D eigenvalue weighted by Gasteiger charge is 2.21. The predicted octanol–water partition coefficient (Wildman–Crippen LogP) is 2.42. The van der Waals surface area contributed by atoms with Gasteiger partial charge in [-0.1, -0.05) is 19.1 Å². The number of carbonyl (C=O) groups is 1. The molecule has 19 heavy (non-hydrogen) atoms. The van der Waals surface area contributed by atoms with Gasteiger partial charge < -0.3 is 9.64 Å². The molecule has 3 rings (SSSR count). The number of likely N-dealkylation sites (tertiary alicyclic amines) is 1. The van der Waals surface area contributed by atoms with Crippen molar-refractivity contribution in [2.24, 2.45) is 5.92 Å². The molecule has 1 aromatic rings. The predicted molar refractivity (Wildman–Crippen MR) is 74.3 cm³/mol. The third kappa shape index (κ3) is 2.75. The summed E-state index contributed by atoms with van der Waals surface area (Å²) in [7, 11) is 0. The number of ether oxygens (including phenoxy) is 1. The maximum absolute atomic E-state index is 12.3. The van der Waals surface area contributed by atoms with Crippen molar-refractivity contribution < 1.29 is 9.53 Å². The molecule has 2 aliphatic heterocycles. The lowest BCUT2D eigenvalue weighted by molar-refractivity contribution is -0.132. The van der Waals surface area contributed by atoms with Gasteiger partial charge in [-0.2, -0.15) is 0 Å². The molecule has 1 atom stereocenters. The molecule has 1 fully saturated rings. The van der Waals surface area contributed by atoms with Crippen molar-refractivity contribution >= 4 is 5.91 Å². The van der Waals surface area contributed by atoms with Gasteiger partial charge in [0.1, 0.15) is 5.75 Å². The van der Waals surface area contributed by atoms with Gasteiger partial charge in [0.2, 0.25) is 5.91 Å². The third-order valence-electron chi connectivity index (χ3n) is 4.12. The Balaban J connectivity index is 1.66. The molecule has 0 aliphatic carbocycles. The Morgan fingerprint density at radius 2 is 2.37 bits per heavy atom. The van der Waals surface area contributed by atoms with Crippen LogP contribution in [0.3, 0.4) is 0 Å². The van der Waals surface area contributed by atoms with Gasteiger partial charge in [-0.25, -0.2) is 0 Å². The summed E-state index contributed by atoms with van der Waals surface area (Å²) in [5.74, 6) is 1.90. The van der Waals surface area contributed by atoms with Crippen LogP contribution in [0.1, 0.15) is 30.9 Å². The van der Waals surface area contributed by atoms with Crippen molar-refractivity contribution in [3.05, 3.63) is 29.3 Å². The lowest BCUT2D eigenvalue weighted by atomic mass is 9.99. The van der Waals surface area contributed by atoms with Gasteiger partial charge in [0.15, 0.2) is 0 Å². The molecule has 1 aromatic carbocycles. The number of benzene rings is 1. The first-order valence-corrected chi connectivity index (χ1v) is 7.25. The van der Waals surface area contributed by atoms with Crippen molar-refractivity contribution in [3.63, 3.8) is 0 Å². The fourth-order valence-corrected chi connectivity index (χ4v) is 3.05. The molecule has 0 saturated carbocycles. The Bertz CT molecular complexity index is 484. The summed E-state index contributed by atoms with van der Waals surface area (Å²) >= 11 is 0. The van der Waals surface area contributed by atoms with E-state index in [1.807, 2.05) is 17.0 Å². The molecule has 0 N–H and O–H groups in total. The van der Waals surface area contributed by atoms with E-state index in [4.69, 9.17) is 4.74 Å². The molecule has 3 heteroatoms. The third-order valence-corrected chi connectivity index (χ3v) is 4.12. The zero-order valence-electron chi connectivity index (χ0n) is 11.5. The van der Waals surface area contributed by atoms with Gasteiger partial charge in [-0.05, 0) is 36.0 Å². The topological polar surface area (TPSA) is 29.5 Å². The zero-order chi connectivity index (χ0) is 13.2. The van der Waals surface area contributed by atoms with E-state index < -0.39 is 0 Å². The quantitative estimate of drug-likeness (QED) is 0.816. The van der Waals surface area contributed by atoms with Crippen molar-refractivity contribution in [1.29, 1.82) is 0 Å². The Hall–Kier alpha value is -1.51. The van der Waals surface area contributed by atoms with Crippen LogP contribution in [0.4, 0.5) is 0 Å². The molecule has 1 unspecified atom stereocenters. The lowest BCUT2D eigenvalue weighted by Gasteiger charge is -2.31. The first-order valence-electron chi connectivity index (χ1n) is 7.25. The van der Waals surface area contributed by atoms with Crippen molar-refractivity contribution in [2.45, 2.75) is 32.6 Å². The van der Waals surface area contributed by atoms with Gasteiger partial charge in [0.05, 0.1) is 13.0 Å². The Kier molecular flexibility index (Phi) is 3.45. The molecule has 0 spiro atoms. The lowest BCUT2D eigenvalue weighted by Crippen LogP contribution is -2.39. The Morgan fingerprint density at radius 1 is 1.47 bits per heavy atom. The van der Waals surface area contributed by atoms with E-state index >= 15 is 0 Å². The fourth-order valence-electron chi connectivity index (χ4n) is 3.05. The summed E-state index contributed by atoms with van der Waals surface area (Å²) in [4.78, 5) is 14.3. The number of fused-ring (bicyclic) bond motifs is 1. The minimum atomic E-state index is 0.269. The normalized spacial score (nSPS) is 21.9. The van der Waals surface area contributed by atoms with E-state index in [1.165, 1.54) is 12.0 Å². The molecular formula is C16H21NO2. The summed E-state index contributed by atoms with van der Waals surface area (Å²) in [5.41, 5.74) is 2.37. The monoisotopic (exact) mass is 259 g/mol. The van der Waals surface area contributed by atoms with Crippen LogP contribution in [0.5, 0.6) is 5.75 Å². The largest absolute Gasteiger partial charge is 0.493 e. The van der Waals surface area contributed by atoms with E-state index in [1.54, 1.807) is 0 Å². The van der Waals surface area contributed by atoms with Crippen molar-refractivity contribution in [2.75, 3.05) is 19.7 Å². The second-order valence-corrected chi connectivity index (χ2v) is 5.80. The second-order valence-electron chi connectivity index (χ2n) is 5.80. The van der Waals surface area contributed by atoms with Gasteiger partial charge >= 0.3 is 0 Å². The molecule has 0 aromatic heterocycles. The summed E-state index contributed by atoms with van der Waals surface area (Å²) in [5, 5.41) is 0. The van der Waals surface area contributed by atoms with Crippen molar-refractivity contribution in [3.8, 4) is 5.75 Å². The number of amides is 1. The summed E-state index contributed by atoms with van der Waals surface area (Å²) in [6, 6.07) is 6.16. The molecule has 1 amide bonds. The first kappa shape index (κ1) is 12.5. The maximum Gasteiger partial charge on any atom is 0.226 e. The average molecular weight is 259 g/mol. The number of rotatable bonds is 2. The SMILES string of the molecule is CC1CCCN(C(=O)Cc2ccc3c(c2)CCO3)C1. The van der Waals surface area contributed by atoms with Crippen LogP contribution < -0.4 is 4.74 Å². The number of hydrogen-bond donors (Lipinski definition) is 0. The van der Waals surface area contributed by atoms with Crippen molar-refractivity contribution in [1.82, 2.24) is 4.90 Å². The highest BCUT2D eigenvalue weighted by Crippen LogP contribution is 2.26. The van der Waals surface area contributed by atoms with Crippen LogP contribution in [-0.2, 0) is 17.6 Å². The van der Waals surface area contributed by atoms with Crippen LogP contribution in [0.15, 0.2) is 18.2 Å². The standard InChI is InChI=1S/C16H21NO2/c1-12-3-2-7-17(11-12)16(18)10-13-4-5-15-14(9-13)6-8-19-15/h4-5,9,12H,2-3,6-8,10-11H2,1H3. The van der Waals surface area contributed by atoms with Crippen LogP contribution in [0.25, 0.3) is 0 Å². The first-order chi connectivity index (χ1) is 9.22. The Labute approximate surface area is 114 Å². The van der Waals surface area contributed by atoms with E-state index in [-0.39, 0.29) is 5.91 Å². The second kappa shape index (κ2) is 5.24. The Morgan fingerprint density at radius 3 is 3.21 bits per heavy atom. The smallest absolute Gasteiger partial charge is 0.226 e.